The van der Waals surface area contributed by atoms with Gasteiger partial charge in [0.2, 0.25) is 0 Å². The predicted octanol–water partition coefficient (Wildman–Crippen LogP) is 3.93. The highest BCUT2D eigenvalue weighted by atomic mass is 35.5. The lowest BCUT2D eigenvalue weighted by atomic mass is 10.1. The zero-order valence-electron chi connectivity index (χ0n) is 16.1. The van der Waals surface area contributed by atoms with Crippen molar-refractivity contribution in [3.8, 4) is 11.3 Å². The summed E-state index contributed by atoms with van der Waals surface area (Å²) in [6, 6.07) is 4.39. The molecule has 1 atom stereocenters. The predicted molar refractivity (Wildman–Crippen MR) is 120 cm³/mol. The van der Waals surface area contributed by atoms with E-state index in [4.69, 9.17) is 9.97 Å². The molecular formula is C20H30Cl2N6. The lowest BCUT2D eigenvalue weighted by Crippen LogP contribution is -2.39. The number of nitrogens with zero attached hydrogens (tertiary/aromatic N) is 4. The molecule has 2 fully saturated rings. The Hall–Kier alpha value is -1.63. The number of rotatable bonds is 4. The molecule has 4 heterocycles. The maximum Gasteiger partial charge on any atom is 0.171 e. The van der Waals surface area contributed by atoms with Gasteiger partial charge < -0.3 is 15.5 Å². The van der Waals surface area contributed by atoms with Crippen LogP contribution < -0.4 is 15.5 Å². The Kier molecular flexibility index (Phi) is 9.22. The third kappa shape index (κ3) is 5.69. The van der Waals surface area contributed by atoms with E-state index in [0.717, 1.165) is 49.1 Å². The third-order valence-electron chi connectivity index (χ3n) is 5.27. The Morgan fingerprint density at radius 1 is 1.00 bits per heavy atom. The van der Waals surface area contributed by atoms with Gasteiger partial charge in [-0.1, -0.05) is 12.8 Å². The van der Waals surface area contributed by atoms with Gasteiger partial charge in [-0.2, -0.15) is 0 Å². The van der Waals surface area contributed by atoms with Gasteiger partial charge in [0.25, 0.3) is 0 Å². The highest BCUT2D eigenvalue weighted by Gasteiger charge is 2.20. The zero-order valence-corrected chi connectivity index (χ0v) is 17.8. The van der Waals surface area contributed by atoms with E-state index in [1.54, 1.807) is 12.4 Å². The summed E-state index contributed by atoms with van der Waals surface area (Å²) in [7, 11) is 0. The average Bonchev–Trinajstić information content (AvgIpc) is 2.99. The van der Waals surface area contributed by atoms with Gasteiger partial charge in [0.15, 0.2) is 11.6 Å². The van der Waals surface area contributed by atoms with Gasteiger partial charge in [-0.15, -0.1) is 24.8 Å². The van der Waals surface area contributed by atoms with Gasteiger partial charge in [0.1, 0.15) is 0 Å². The molecule has 2 N–H and O–H groups in total. The molecule has 2 aromatic rings. The molecule has 8 heteroatoms. The molecule has 0 amide bonds. The number of pyridine rings is 1. The van der Waals surface area contributed by atoms with Crippen LogP contribution in [0.3, 0.4) is 0 Å². The molecule has 0 aliphatic carbocycles. The van der Waals surface area contributed by atoms with Crippen LogP contribution in [0, 0.1) is 0 Å². The topological polar surface area (TPSA) is 66.0 Å². The van der Waals surface area contributed by atoms with Crippen molar-refractivity contribution in [1.29, 1.82) is 0 Å². The first-order valence-electron chi connectivity index (χ1n) is 9.90. The molecule has 2 aromatic heterocycles. The molecule has 4 rings (SSSR count). The molecule has 6 nitrogen and oxygen atoms in total. The number of aromatic nitrogens is 3. The van der Waals surface area contributed by atoms with Gasteiger partial charge in [0, 0.05) is 43.6 Å². The highest BCUT2D eigenvalue weighted by Crippen LogP contribution is 2.28. The van der Waals surface area contributed by atoms with E-state index in [0.29, 0.717) is 6.04 Å². The van der Waals surface area contributed by atoms with Gasteiger partial charge >= 0.3 is 0 Å². The van der Waals surface area contributed by atoms with Crippen LogP contribution in [0.1, 0.15) is 38.5 Å². The van der Waals surface area contributed by atoms with Crippen LogP contribution in [0.5, 0.6) is 0 Å². The number of anilines is 2. The average molecular weight is 425 g/mol. The van der Waals surface area contributed by atoms with Crippen molar-refractivity contribution in [2.24, 2.45) is 0 Å². The van der Waals surface area contributed by atoms with Crippen molar-refractivity contribution < 1.29 is 0 Å². The van der Waals surface area contributed by atoms with Crippen LogP contribution in [0.2, 0.25) is 0 Å². The van der Waals surface area contributed by atoms with E-state index in [1.165, 1.54) is 38.5 Å². The summed E-state index contributed by atoms with van der Waals surface area (Å²) < 4.78 is 0. The molecule has 2 aliphatic heterocycles. The maximum atomic E-state index is 4.97. The summed E-state index contributed by atoms with van der Waals surface area (Å²) in [6.45, 7) is 4.24. The van der Waals surface area contributed by atoms with Crippen LogP contribution >= 0.6 is 24.8 Å². The van der Waals surface area contributed by atoms with Crippen molar-refractivity contribution in [2.45, 2.75) is 44.6 Å². The largest absolute Gasteiger partial charge is 0.363 e. The fourth-order valence-corrected chi connectivity index (χ4v) is 3.82. The van der Waals surface area contributed by atoms with Gasteiger partial charge in [-0.25, -0.2) is 9.97 Å². The number of piperidine rings is 1. The quantitative estimate of drug-likeness (QED) is 0.774. The minimum absolute atomic E-state index is 0. The van der Waals surface area contributed by atoms with Crippen LogP contribution in [0.4, 0.5) is 11.6 Å². The molecule has 154 valence electrons. The lowest BCUT2D eigenvalue weighted by Gasteiger charge is -2.28. The van der Waals surface area contributed by atoms with Crippen molar-refractivity contribution in [1.82, 2.24) is 20.3 Å². The van der Waals surface area contributed by atoms with Crippen LogP contribution in [0.25, 0.3) is 11.3 Å². The minimum atomic E-state index is 0. The molecule has 0 saturated carbocycles. The van der Waals surface area contributed by atoms with Crippen LogP contribution in [-0.4, -0.2) is 47.2 Å². The standard InChI is InChI=1S/C20H28N6.2ClH/c1-2-4-13-26(12-3-1)20-19(24-17-6-5-9-22-14-17)25-18(15-23-20)16-7-10-21-11-8-16;;/h7-8,10-11,15,17,22H,1-6,9,12-14H2,(H,24,25);2*1H. The summed E-state index contributed by atoms with van der Waals surface area (Å²) in [5.74, 6) is 1.94. The SMILES string of the molecule is Cl.Cl.c1cc(-c2cnc(N3CCCCCC3)c(NC3CCCNC3)n2)ccn1. The van der Waals surface area contributed by atoms with Gasteiger partial charge in [-0.3, -0.25) is 4.98 Å². The normalized spacial score (nSPS) is 19.7. The van der Waals surface area contributed by atoms with Crippen molar-refractivity contribution in [3.63, 3.8) is 0 Å². The van der Waals surface area contributed by atoms with Crippen molar-refractivity contribution >= 4 is 36.4 Å². The summed E-state index contributed by atoms with van der Waals surface area (Å²) in [4.78, 5) is 16.3. The molecule has 1 unspecified atom stereocenters. The summed E-state index contributed by atoms with van der Waals surface area (Å²) in [5, 5.41) is 7.16. The molecule has 0 aromatic carbocycles. The second-order valence-electron chi connectivity index (χ2n) is 7.25. The first-order valence-corrected chi connectivity index (χ1v) is 9.90. The zero-order chi connectivity index (χ0) is 17.6. The lowest BCUT2D eigenvalue weighted by molar-refractivity contribution is 0.479. The molecular weight excluding hydrogens is 395 g/mol. The third-order valence-corrected chi connectivity index (χ3v) is 5.27. The van der Waals surface area contributed by atoms with E-state index in [-0.39, 0.29) is 24.8 Å². The second-order valence-corrected chi connectivity index (χ2v) is 7.25. The second kappa shape index (κ2) is 11.4. The Morgan fingerprint density at radius 3 is 2.43 bits per heavy atom. The Labute approximate surface area is 179 Å². The molecule has 0 spiro atoms. The number of hydrogen-bond donors (Lipinski definition) is 2. The van der Waals surface area contributed by atoms with Crippen molar-refractivity contribution in [3.05, 3.63) is 30.7 Å². The Bertz CT molecular complexity index is 701. The fourth-order valence-electron chi connectivity index (χ4n) is 3.82. The summed E-state index contributed by atoms with van der Waals surface area (Å²) in [6.07, 6.45) is 13.0. The van der Waals surface area contributed by atoms with E-state index >= 15 is 0 Å². The molecule has 0 bridgehead atoms. The van der Waals surface area contributed by atoms with E-state index in [2.05, 4.69) is 20.5 Å². The maximum absolute atomic E-state index is 4.97. The first kappa shape index (κ1) is 22.7. The highest BCUT2D eigenvalue weighted by molar-refractivity contribution is 5.85. The summed E-state index contributed by atoms with van der Waals surface area (Å²) >= 11 is 0. The van der Waals surface area contributed by atoms with Crippen LogP contribution in [-0.2, 0) is 0 Å². The van der Waals surface area contributed by atoms with Gasteiger partial charge in [0.05, 0.1) is 11.9 Å². The fraction of sp³-hybridized carbons (Fsp3) is 0.550. The van der Waals surface area contributed by atoms with Gasteiger partial charge in [-0.05, 0) is 44.4 Å². The van der Waals surface area contributed by atoms with Crippen LogP contribution in [0.15, 0.2) is 30.7 Å². The first-order chi connectivity index (χ1) is 12.9. The number of halogens is 2. The summed E-state index contributed by atoms with van der Waals surface area (Å²) in [5.41, 5.74) is 1.96. The minimum Gasteiger partial charge on any atom is -0.363 e. The monoisotopic (exact) mass is 424 g/mol. The van der Waals surface area contributed by atoms with E-state index in [1.807, 2.05) is 18.3 Å². The number of hydrogen-bond acceptors (Lipinski definition) is 6. The van der Waals surface area contributed by atoms with E-state index < -0.39 is 0 Å². The smallest absolute Gasteiger partial charge is 0.171 e. The Balaban J connectivity index is 0.00000140. The van der Waals surface area contributed by atoms with E-state index in [9.17, 15) is 0 Å². The molecule has 0 radical (unpaired) electrons. The van der Waals surface area contributed by atoms with Crippen molar-refractivity contribution in [2.75, 3.05) is 36.4 Å². The number of nitrogens with one attached hydrogen (secondary N) is 2. The molecule has 2 saturated heterocycles. The molecule has 2 aliphatic rings. The molecule has 28 heavy (non-hydrogen) atoms. The Morgan fingerprint density at radius 2 is 1.75 bits per heavy atom.